The van der Waals surface area contributed by atoms with Gasteiger partial charge in [-0.25, -0.2) is 4.98 Å². The van der Waals surface area contributed by atoms with Crippen LogP contribution in [0.3, 0.4) is 0 Å². The SMILES string of the molecule is Cc1cc(NC(=O)[C@@H]2CC=CC[C@@H]2C(=O)[O-])n(-c2nc3c(c(=O)[nH]2)CCC3)n1. The Bertz CT molecular complexity index is 1040. The maximum Gasteiger partial charge on any atom is 0.255 e. The molecule has 9 nitrogen and oxygen atoms in total. The van der Waals surface area contributed by atoms with Gasteiger partial charge in [-0.15, -0.1) is 0 Å². The summed E-state index contributed by atoms with van der Waals surface area (Å²) < 4.78 is 1.37. The van der Waals surface area contributed by atoms with Crippen LogP contribution in [0.1, 0.15) is 36.2 Å². The number of hydrogen-bond donors (Lipinski definition) is 2. The van der Waals surface area contributed by atoms with Gasteiger partial charge in [-0.1, -0.05) is 12.2 Å². The van der Waals surface area contributed by atoms with Crippen LogP contribution < -0.4 is 16.0 Å². The summed E-state index contributed by atoms with van der Waals surface area (Å²) >= 11 is 0. The van der Waals surface area contributed by atoms with E-state index in [9.17, 15) is 19.5 Å². The van der Waals surface area contributed by atoms with E-state index >= 15 is 0 Å². The number of nitrogens with zero attached hydrogens (tertiary/aromatic N) is 3. The molecule has 2 heterocycles. The summed E-state index contributed by atoms with van der Waals surface area (Å²) in [5.41, 5.74) is 1.87. The summed E-state index contributed by atoms with van der Waals surface area (Å²) in [6.07, 6.45) is 6.46. The van der Waals surface area contributed by atoms with Crippen molar-refractivity contribution >= 4 is 17.7 Å². The van der Waals surface area contributed by atoms with Gasteiger partial charge in [-0.2, -0.15) is 9.78 Å². The zero-order chi connectivity index (χ0) is 19.8. The molecule has 0 radical (unpaired) electrons. The summed E-state index contributed by atoms with van der Waals surface area (Å²) in [5.74, 6) is -2.71. The molecule has 2 aromatic rings. The summed E-state index contributed by atoms with van der Waals surface area (Å²) in [7, 11) is 0. The predicted octanol–water partition coefficient (Wildman–Crippen LogP) is 0.0235. The highest BCUT2D eigenvalue weighted by Crippen LogP contribution is 2.27. The molecule has 0 fully saturated rings. The summed E-state index contributed by atoms with van der Waals surface area (Å²) in [6.45, 7) is 1.75. The molecule has 0 spiro atoms. The second-order valence-electron chi connectivity index (χ2n) is 7.22. The smallest absolute Gasteiger partial charge is 0.255 e. The number of allylic oxidation sites excluding steroid dienone is 2. The third-order valence-electron chi connectivity index (χ3n) is 5.28. The van der Waals surface area contributed by atoms with E-state index in [0.717, 1.165) is 18.5 Å². The minimum atomic E-state index is -1.24. The lowest BCUT2D eigenvalue weighted by Gasteiger charge is -2.28. The number of carboxylic acid groups (broad SMARTS) is 1. The molecule has 0 saturated heterocycles. The number of hydrogen-bond acceptors (Lipinski definition) is 6. The van der Waals surface area contributed by atoms with Gasteiger partial charge in [-0.3, -0.25) is 14.6 Å². The first-order valence-corrected chi connectivity index (χ1v) is 9.30. The number of aromatic nitrogens is 4. The topological polar surface area (TPSA) is 133 Å². The van der Waals surface area contributed by atoms with Gasteiger partial charge in [-0.05, 0) is 39.0 Å². The van der Waals surface area contributed by atoms with Crippen molar-refractivity contribution in [2.75, 3.05) is 5.32 Å². The van der Waals surface area contributed by atoms with Crippen molar-refractivity contribution in [1.82, 2.24) is 19.7 Å². The van der Waals surface area contributed by atoms with Crippen molar-refractivity contribution in [3.63, 3.8) is 0 Å². The Balaban J connectivity index is 1.65. The Morgan fingerprint density at radius 3 is 2.75 bits per heavy atom. The van der Waals surface area contributed by atoms with Crippen molar-refractivity contribution in [3.05, 3.63) is 45.5 Å². The Hall–Kier alpha value is -3.23. The highest BCUT2D eigenvalue weighted by Gasteiger charge is 2.30. The third kappa shape index (κ3) is 3.23. The van der Waals surface area contributed by atoms with Crippen LogP contribution in [0.15, 0.2) is 23.0 Å². The van der Waals surface area contributed by atoms with E-state index in [2.05, 4.69) is 20.4 Å². The first kappa shape index (κ1) is 18.1. The second kappa shape index (κ2) is 7.06. The summed E-state index contributed by atoms with van der Waals surface area (Å²) in [5, 5.41) is 18.4. The minimum absolute atomic E-state index is 0.197. The molecule has 0 aromatic carbocycles. The van der Waals surface area contributed by atoms with Gasteiger partial charge < -0.3 is 15.2 Å². The van der Waals surface area contributed by atoms with E-state index in [4.69, 9.17) is 0 Å². The van der Waals surface area contributed by atoms with Gasteiger partial charge in [0.25, 0.3) is 5.56 Å². The molecule has 0 aliphatic heterocycles. The fourth-order valence-electron chi connectivity index (χ4n) is 3.86. The van der Waals surface area contributed by atoms with Crippen LogP contribution in [0.4, 0.5) is 5.82 Å². The van der Waals surface area contributed by atoms with Crippen LogP contribution in [0.5, 0.6) is 0 Å². The van der Waals surface area contributed by atoms with Crippen LogP contribution >= 0.6 is 0 Å². The molecule has 9 heteroatoms. The molecule has 4 rings (SSSR count). The number of rotatable bonds is 4. The average molecular weight is 382 g/mol. The number of fused-ring (bicyclic) bond motifs is 1. The van der Waals surface area contributed by atoms with Gasteiger partial charge in [0.15, 0.2) is 0 Å². The first-order valence-electron chi connectivity index (χ1n) is 9.30. The summed E-state index contributed by atoms with van der Waals surface area (Å²) in [6, 6.07) is 1.65. The molecule has 2 aliphatic rings. The monoisotopic (exact) mass is 382 g/mol. The number of aliphatic carboxylic acids is 1. The Kier molecular flexibility index (Phi) is 4.58. The van der Waals surface area contributed by atoms with Crippen molar-refractivity contribution in [2.45, 2.75) is 39.0 Å². The van der Waals surface area contributed by atoms with E-state index in [1.54, 1.807) is 25.1 Å². The fraction of sp³-hybridized carbons (Fsp3) is 0.421. The zero-order valence-electron chi connectivity index (χ0n) is 15.4. The average Bonchev–Trinajstić information content (AvgIpc) is 3.28. The van der Waals surface area contributed by atoms with Crippen LogP contribution in [-0.2, 0) is 22.4 Å². The number of nitrogens with one attached hydrogen (secondary N) is 2. The van der Waals surface area contributed by atoms with Gasteiger partial charge in [0.2, 0.25) is 11.9 Å². The number of amides is 1. The van der Waals surface area contributed by atoms with Gasteiger partial charge in [0.1, 0.15) is 5.82 Å². The third-order valence-corrected chi connectivity index (χ3v) is 5.28. The predicted molar refractivity (Wildman–Crippen MR) is 97.7 cm³/mol. The lowest BCUT2D eigenvalue weighted by atomic mass is 9.82. The van der Waals surface area contributed by atoms with E-state index in [0.29, 0.717) is 29.9 Å². The molecule has 28 heavy (non-hydrogen) atoms. The molecule has 146 valence electrons. The lowest BCUT2D eigenvalue weighted by molar-refractivity contribution is -0.313. The molecule has 2 aliphatic carbocycles. The number of carbonyl (C=O) groups excluding carboxylic acids is 2. The summed E-state index contributed by atoms with van der Waals surface area (Å²) in [4.78, 5) is 43.7. The highest BCUT2D eigenvalue weighted by molar-refractivity contribution is 5.94. The van der Waals surface area contributed by atoms with Crippen molar-refractivity contribution < 1.29 is 14.7 Å². The number of aryl methyl sites for hydroxylation is 2. The molecule has 1 amide bonds. The van der Waals surface area contributed by atoms with Crippen LogP contribution in [0.2, 0.25) is 0 Å². The largest absolute Gasteiger partial charge is 0.550 e. The van der Waals surface area contributed by atoms with Gasteiger partial charge >= 0.3 is 0 Å². The minimum Gasteiger partial charge on any atom is -0.550 e. The number of carboxylic acids is 1. The van der Waals surface area contributed by atoms with E-state index in [-0.39, 0.29) is 17.9 Å². The number of aromatic amines is 1. The zero-order valence-corrected chi connectivity index (χ0v) is 15.4. The maximum absolute atomic E-state index is 12.8. The molecule has 2 aromatic heterocycles. The highest BCUT2D eigenvalue weighted by atomic mass is 16.4. The van der Waals surface area contributed by atoms with Crippen molar-refractivity contribution in [3.8, 4) is 5.95 Å². The first-order chi connectivity index (χ1) is 13.4. The van der Waals surface area contributed by atoms with Crippen molar-refractivity contribution in [2.24, 2.45) is 11.8 Å². The standard InChI is InChI=1S/C19H21N5O4/c1-10-9-15(21-16(25)11-5-2-3-6-12(11)18(27)28)24(23-10)19-20-14-8-4-7-13(14)17(26)22-19/h2-3,9,11-12H,4-8H2,1H3,(H,21,25)(H,27,28)(H,20,22,26)/p-1/t11-,12+/m1/s1. The van der Waals surface area contributed by atoms with Gasteiger partial charge in [0.05, 0.1) is 17.3 Å². The van der Waals surface area contributed by atoms with Crippen LogP contribution in [-0.4, -0.2) is 31.6 Å². The molecule has 0 unspecified atom stereocenters. The van der Waals surface area contributed by atoms with Crippen LogP contribution in [0.25, 0.3) is 5.95 Å². The fourth-order valence-corrected chi connectivity index (χ4v) is 3.86. The normalized spacial score (nSPS) is 20.8. The number of carbonyl (C=O) groups is 2. The Morgan fingerprint density at radius 1 is 1.25 bits per heavy atom. The second-order valence-corrected chi connectivity index (χ2v) is 7.22. The van der Waals surface area contributed by atoms with E-state index in [1.165, 1.54) is 4.68 Å². The van der Waals surface area contributed by atoms with Gasteiger partial charge in [0, 0.05) is 23.5 Å². The van der Waals surface area contributed by atoms with Crippen LogP contribution in [0, 0.1) is 18.8 Å². The molecule has 0 bridgehead atoms. The number of anilines is 1. The molecular weight excluding hydrogens is 362 g/mol. The Morgan fingerprint density at radius 2 is 2.00 bits per heavy atom. The molecular formula is C19H20N5O4-. The van der Waals surface area contributed by atoms with E-state index in [1.807, 2.05) is 0 Å². The van der Waals surface area contributed by atoms with E-state index < -0.39 is 23.7 Å². The Labute approximate surface area is 160 Å². The molecule has 0 saturated carbocycles. The molecule has 2 N–H and O–H groups in total. The molecule has 2 atom stereocenters. The number of H-pyrrole nitrogens is 1. The van der Waals surface area contributed by atoms with Crippen molar-refractivity contribution in [1.29, 1.82) is 0 Å². The quantitative estimate of drug-likeness (QED) is 0.717. The maximum atomic E-state index is 12.8. The lowest BCUT2D eigenvalue weighted by Crippen LogP contribution is -2.41.